The van der Waals surface area contributed by atoms with Crippen molar-refractivity contribution in [3.05, 3.63) is 60.2 Å². The number of hydrogen-bond acceptors (Lipinski definition) is 2. The van der Waals surface area contributed by atoms with Gasteiger partial charge in [0.05, 0.1) is 6.04 Å². The number of Topliss-reactive ketones (excluding diaryl/α,β-unsaturated/α-hetero) is 1. The van der Waals surface area contributed by atoms with Crippen molar-refractivity contribution in [1.29, 1.82) is 0 Å². The van der Waals surface area contributed by atoms with E-state index >= 15 is 0 Å². The molecule has 0 radical (unpaired) electrons. The molecule has 2 N–H and O–H groups in total. The zero-order valence-electron chi connectivity index (χ0n) is 10.5. The summed E-state index contributed by atoms with van der Waals surface area (Å²) in [4.78, 5) is 11.1. The largest absolute Gasteiger partial charge is 0.321 e. The molecular formula is C16H17NO. The maximum absolute atomic E-state index is 11.1. The van der Waals surface area contributed by atoms with Crippen LogP contribution in [0.25, 0.3) is 11.1 Å². The van der Waals surface area contributed by atoms with Crippen molar-refractivity contribution in [2.45, 2.75) is 19.4 Å². The van der Waals surface area contributed by atoms with Crippen LogP contribution in [0.2, 0.25) is 0 Å². The molecular weight excluding hydrogens is 222 g/mol. The van der Waals surface area contributed by atoms with E-state index in [0.717, 1.165) is 5.56 Å². The minimum atomic E-state index is -0.396. The SMILES string of the molecule is CC(=O)[C@H](N)Cc1ccc(-c2ccccc2)cc1. The predicted molar refractivity (Wildman–Crippen MR) is 74.2 cm³/mol. The molecule has 2 aromatic rings. The second kappa shape index (κ2) is 5.61. The standard InChI is InChI=1S/C16H17NO/c1-12(18)16(17)11-13-7-9-15(10-8-13)14-5-3-2-4-6-14/h2-10,16H,11,17H2,1H3/t16-/m1/s1. The first kappa shape index (κ1) is 12.5. The van der Waals surface area contributed by atoms with E-state index in [9.17, 15) is 4.79 Å². The van der Waals surface area contributed by atoms with Gasteiger partial charge in [0, 0.05) is 0 Å². The Morgan fingerprint density at radius 3 is 2.11 bits per heavy atom. The Morgan fingerprint density at radius 1 is 1.00 bits per heavy atom. The zero-order chi connectivity index (χ0) is 13.0. The maximum atomic E-state index is 11.1. The van der Waals surface area contributed by atoms with E-state index in [1.165, 1.54) is 18.1 Å². The minimum Gasteiger partial charge on any atom is -0.321 e. The van der Waals surface area contributed by atoms with E-state index in [1.54, 1.807) is 0 Å². The lowest BCUT2D eigenvalue weighted by Gasteiger charge is -2.08. The molecule has 1 atom stereocenters. The number of rotatable bonds is 4. The third kappa shape index (κ3) is 3.05. The molecule has 92 valence electrons. The van der Waals surface area contributed by atoms with Crippen LogP contribution in [0.1, 0.15) is 12.5 Å². The number of ketones is 1. The Balaban J connectivity index is 2.13. The molecule has 0 saturated carbocycles. The first-order valence-corrected chi connectivity index (χ1v) is 6.07. The van der Waals surface area contributed by atoms with Crippen LogP contribution in [-0.2, 0) is 11.2 Å². The van der Waals surface area contributed by atoms with Gasteiger partial charge in [-0.2, -0.15) is 0 Å². The molecule has 0 fully saturated rings. The summed E-state index contributed by atoms with van der Waals surface area (Å²) in [6, 6.07) is 18.0. The number of carbonyl (C=O) groups is 1. The summed E-state index contributed by atoms with van der Waals surface area (Å²) in [6.07, 6.45) is 0.602. The highest BCUT2D eigenvalue weighted by molar-refractivity contribution is 5.81. The van der Waals surface area contributed by atoms with Gasteiger partial charge in [0.25, 0.3) is 0 Å². The summed E-state index contributed by atoms with van der Waals surface area (Å²) in [7, 11) is 0. The molecule has 2 aromatic carbocycles. The summed E-state index contributed by atoms with van der Waals surface area (Å²) >= 11 is 0. The van der Waals surface area contributed by atoms with Crippen molar-refractivity contribution in [3.8, 4) is 11.1 Å². The van der Waals surface area contributed by atoms with Gasteiger partial charge < -0.3 is 5.73 Å². The Bertz CT molecular complexity index is 517. The van der Waals surface area contributed by atoms with E-state index in [4.69, 9.17) is 5.73 Å². The van der Waals surface area contributed by atoms with Crippen LogP contribution >= 0.6 is 0 Å². The van der Waals surface area contributed by atoms with Gasteiger partial charge in [0.2, 0.25) is 0 Å². The monoisotopic (exact) mass is 239 g/mol. The molecule has 0 aliphatic carbocycles. The fourth-order valence-electron chi connectivity index (χ4n) is 1.86. The fourth-order valence-corrected chi connectivity index (χ4v) is 1.86. The molecule has 0 saturated heterocycles. The van der Waals surface area contributed by atoms with Gasteiger partial charge in [-0.3, -0.25) is 4.79 Å². The van der Waals surface area contributed by atoms with Gasteiger partial charge in [-0.25, -0.2) is 0 Å². The highest BCUT2D eigenvalue weighted by atomic mass is 16.1. The fraction of sp³-hybridized carbons (Fsp3) is 0.188. The molecule has 0 unspecified atom stereocenters. The van der Waals surface area contributed by atoms with Crippen molar-refractivity contribution >= 4 is 5.78 Å². The molecule has 0 aromatic heterocycles. The van der Waals surface area contributed by atoms with Crippen molar-refractivity contribution in [2.24, 2.45) is 5.73 Å². The number of nitrogens with two attached hydrogens (primary N) is 1. The normalized spacial score (nSPS) is 12.1. The van der Waals surface area contributed by atoms with Crippen LogP contribution in [0.4, 0.5) is 0 Å². The highest BCUT2D eigenvalue weighted by Crippen LogP contribution is 2.19. The lowest BCUT2D eigenvalue weighted by atomic mass is 10.00. The van der Waals surface area contributed by atoms with Gasteiger partial charge in [0.1, 0.15) is 5.78 Å². The van der Waals surface area contributed by atoms with E-state index < -0.39 is 6.04 Å². The van der Waals surface area contributed by atoms with E-state index in [1.807, 2.05) is 30.3 Å². The first-order valence-electron chi connectivity index (χ1n) is 6.07. The third-order valence-electron chi connectivity index (χ3n) is 3.04. The quantitative estimate of drug-likeness (QED) is 0.891. The van der Waals surface area contributed by atoms with E-state index in [-0.39, 0.29) is 5.78 Å². The highest BCUT2D eigenvalue weighted by Gasteiger charge is 2.08. The van der Waals surface area contributed by atoms with Crippen LogP contribution in [0.5, 0.6) is 0 Å². The Hall–Kier alpha value is -1.93. The molecule has 0 bridgehead atoms. The molecule has 2 rings (SSSR count). The molecule has 0 aliphatic rings. The van der Waals surface area contributed by atoms with Gasteiger partial charge >= 0.3 is 0 Å². The average molecular weight is 239 g/mol. The number of carbonyl (C=O) groups excluding carboxylic acids is 1. The average Bonchev–Trinajstić information content (AvgIpc) is 2.40. The minimum absolute atomic E-state index is 0.0298. The Kier molecular flexibility index (Phi) is 3.90. The second-order valence-corrected chi connectivity index (χ2v) is 4.48. The van der Waals surface area contributed by atoms with Crippen LogP contribution in [0, 0.1) is 0 Å². The zero-order valence-corrected chi connectivity index (χ0v) is 10.5. The van der Waals surface area contributed by atoms with Crippen LogP contribution in [0.3, 0.4) is 0 Å². The Morgan fingerprint density at radius 2 is 1.56 bits per heavy atom. The molecule has 2 heteroatoms. The third-order valence-corrected chi connectivity index (χ3v) is 3.04. The summed E-state index contributed by atoms with van der Waals surface area (Å²) < 4.78 is 0. The maximum Gasteiger partial charge on any atom is 0.146 e. The van der Waals surface area contributed by atoms with Crippen LogP contribution in [-0.4, -0.2) is 11.8 Å². The van der Waals surface area contributed by atoms with Crippen molar-refractivity contribution in [3.63, 3.8) is 0 Å². The molecule has 0 heterocycles. The summed E-state index contributed by atoms with van der Waals surface area (Å²) in [6.45, 7) is 1.53. The van der Waals surface area contributed by atoms with Gasteiger partial charge in [-0.1, -0.05) is 54.6 Å². The predicted octanol–water partition coefficient (Wildman–Crippen LogP) is 2.81. The van der Waals surface area contributed by atoms with Crippen molar-refractivity contribution in [2.75, 3.05) is 0 Å². The smallest absolute Gasteiger partial charge is 0.146 e. The molecule has 0 amide bonds. The lowest BCUT2D eigenvalue weighted by Crippen LogP contribution is -2.30. The van der Waals surface area contributed by atoms with Crippen LogP contribution in [0.15, 0.2) is 54.6 Å². The topological polar surface area (TPSA) is 43.1 Å². The molecule has 18 heavy (non-hydrogen) atoms. The second-order valence-electron chi connectivity index (χ2n) is 4.48. The first-order chi connectivity index (χ1) is 8.66. The van der Waals surface area contributed by atoms with Crippen molar-refractivity contribution in [1.82, 2.24) is 0 Å². The van der Waals surface area contributed by atoms with E-state index in [2.05, 4.69) is 24.3 Å². The van der Waals surface area contributed by atoms with Gasteiger partial charge in [-0.15, -0.1) is 0 Å². The molecule has 0 aliphatic heterocycles. The summed E-state index contributed by atoms with van der Waals surface area (Å²) in [5.74, 6) is 0.0298. The Labute approximate surface area is 107 Å². The number of hydrogen-bond donors (Lipinski definition) is 1. The summed E-state index contributed by atoms with van der Waals surface area (Å²) in [5, 5.41) is 0. The molecule has 2 nitrogen and oxygen atoms in total. The lowest BCUT2D eigenvalue weighted by molar-refractivity contribution is -0.118. The van der Waals surface area contributed by atoms with Crippen molar-refractivity contribution < 1.29 is 4.79 Å². The van der Waals surface area contributed by atoms with E-state index in [0.29, 0.717) is 6.42 Å². The number of benzene rings is 2. The van der Waals surface area contributed by atoms with Crippen LogP contribution < -0.4 is 5.73 Å². The molecule has 0 spiro atoms. The van der Waals surface area contributed by atoms with Gasteiger partial charge in [0.15, 0.2) is 0 Å². The van der Waals surface area contributed by atoms with Gasteiger partial charge in [-0.05, 0) is 30.0 Å². The summed E-state index contributed by atoms with van der Waals surface area (Å²) in [5.41, 5.74) is 9.21.